The molecule has 1 aliphatic rings. The highest BCUT2D eigenvalue weighted by molar-refractivity contribution is 7.54. The molecule has 0 radical (unpaired) electrons. The zero-order valence-electron chi connectivity index (χ0n) is 15.3. The molecule has 1 aromatic carbocycles. The summed E-state index contributed by atoms with van der Waals surface area (Å²) in [6.07, 6.45) is 0.888. The number of hydrogen-bond acceptors (Lipinski definition) is 5. The summed E-state index contributed by atoms with van der Waals surface area (Å²) in [4.78, 5) is 0. The van der Waals surface area contributed by atoms with E-state index in [1.165, 1.54) is 14.2 Å². The number of benzene rings is 1. The van der Waals surface area contributed by atoms with E-state index in [1.807, 2.05) is 6.92 Å². The first-order valence-electron chi connectivity index (χ1n) is 8.20. The number of aryl methyl sites for hydroxylation is 1. The highest BCUT2D eigenvalue weighted by atomic mass is 35.5. The number of halogens is 2. The van der Waals surface area contributed by atoms with Crippen molar-refractivity contribution in [2.45, 2.75) is 13.3 Å². The van der Waals surface area contributed by atoms with Crippen molar-refractivity contribution >= 4 is 30.9 Å². The SMILES string of the molecule is COc1cc(C)cc(OC)c1O.O=P1(N(CCCl)CCCl)NCCCO1. The summed E-state index contributed by atoms with van der Waals surface area (Å²) >= 11 is 11.2. The Bertz CT molecular complexity index is 565. The number of alkyl halides is 2. The van der Waals surface area contributed by atoms with Gasteiger partial charge < -0.3 is 19.1 Å². The normalized spacial score (nSPS) is 19.6. The molecular formula is C16H27Cl2N2O5P. The first-order chi connectivity index (χ1) is 12.4. The van der Waals surface area contributed by atoms with Gasteiger partial charge in [-0.3, -0.25) is 4.57 Å². The quantitative estimate of drug-likeness (QED) is 0.507. The monoisotopic (exact) mass is 428 g/mol. The second-order valence-corrected chi connectivity index (χ2v) is 8.40. The maximum absolute atomic E-state index is 12.2. The number of methoxy groups -OCH3 is 2. The Balaban J connectivity index is 0.000000263. The molecule has 1 aromatic rings. The summed E-state index contributed by atoms with van der Waals surface area (Å²) in [6.45, 7) is 4.21. The topological polar surface area (TPSA) is 80.3 Å². The maximum atomic E-state index is 12.2. The Morgan fingerprint density at radius 2 is 1.77 bits per heavy atom. The van der Waals surface area contributed by atoms with Gasteiger partial charge in [0.15, 0.2) is 11.5 Å². The summed E-state index contributed by atoms with van der Waals surface area (Å²) in [5, 5.41) is 12.4. The lowest BCUT2D eigenvalue weighted by Crippen LogP contribution is -2.35. The van der Waals surface area contributed by atoms with Crippen molar-refractivity contribution in [2.24, 2.45) is 0 Å². The average molecular weight is 429 g/mol. The van der Waals surface area contributed by atoms with Gasteiger partial charge in [-0.1, -0.05) is 0 Å². The smallest absolute Gasteiger partial charge is 0.343 e. The third-order valence-corrected chi connectivity index (χ3v) is 6.22. The summed E-state index contributed by atoms with van der Waals surface area (Å²) in [5.74, 6) is 1.77. The van der Waals surface area contributed by atoms with Crippen LogP contribution in [0.25, 0.3) is 0 Å². The van der Waals surface area contributed by atoms with E-state index >= 15 is 0 Å². The highest BCUT2D eigenvalue weighted by Gasteiger charge is 2.32. The van der Waals surface area contributed by atoms with Crippen molar-refractivity contribution in [1.82, 2.24) is 9.76 Å². The molecule has 1 saturated heterocycles. The molecule has 0 amide bonds. The Morgan fingerprint density at radius 3 is 2.15 bits per heavy atom. The van der Waals surface area contributed by atoms with Crippen LogP contribution in [0.1, 0.15) is 12.0 Å². The molecule has 26 heavy (non-hydrogen) atoms. The molecule has 1 unspecified atom stereocenters. The van der Waals surface area contributed by atoms with Crippen molar-refractivity contribution in [2.75, 3.05) is 52.2 Å². The van der Waals surface area contributed by atoms with Crippen molar-refractivity contribution in [3.05, 3.63) is 17.7 Å². The number of nitrogens with one attached hydrogen (secondary N) is 1. The van der Waals surface area contributed by atoms with E-state index < -0.39 is 7.67 Å². The third kappa shape index (κ3) is 6.80. The lowest BCUT2D eigenvalue weighted by Gasteiger charge is -2.33. The van der Waals surface area contributed by atoms with E-state index in [9.17, 15) is 9.67 Å². The van der Waals surface area contributed by atoms with Gasteiger partial charge in [0.05, 0.1) is 20.8 Å². The molecule has 1 fully saturated rings. The predicted molar refractivity (Wildman–Crippen MR) is 105 cm³/mol. The molecule has 0 aliphatic carbocycles. The van der Waals surface area contributed by atoms with Gasteiger partial charge in [0.1, 0.15) is 0 Å². The van der Waals surface area contributed by atoms with Gasteiger partial charge in [0.25, 0.3) is 0 Å². The molecule has 1 atom stereocenters. The fraction of sp³-hybridized carbons (Fsp3) is 0.625. The molecular weight excluding hydrogens is 402 g/mol. The number of aromatic hydroxyl groups is 1. The standard InChI is InChI=1S/C9H12O3.C7H15Cl2N2O2P/c1-6-4-7(11-2)9(10)8(5-6)12-3;8-2-5-11(6-3-9)14(12)10-4-1-7-13-14/h4-5,10H,1-3H3;1-7H2,(H,10,12). The number of ether oxygens (including phenoxy) is 2. The minimum absolute atomic E-state index is 0.0469. The van der Waals surface area contributed by atoms with Gasteiger partial charge in [-0.05, 0) is 31.0 Å². The Labute approximate surface area is 165 Å². The lowest BCUT2D eigenvalue weighted by molar-refractivity contribution is 0.233. The second kappa shape index (κ2) is 11.9. The zero-order chi connectivity index (χ0) is 19.6. The number of rotatable bonds is 7. The van der Waals surface area contributed by atoms with E-state index in [1.54, 1.807) is 16.8 Å². The van der Waals surface area contributed by atoms with E-state index in [4.69, 9.17) is 37.2 Å². The molecule has 150 valence electrons. The molecule has 0 saturated carbocycles. The average Bonchev–Trinajstić information content (AvgIpc) is 2.64. The Kier molecular flexibility index (Phi) is 10.7. The Hall–Kier alpha value is -0.690. The summed E-state index contributed by atoms with van der Waals surface area (Å²) < 4.78 is 29.1. The van der Waals surface area contributed by atoms with E-state index in [-0.39, 0.29) is 5.75 Å². The van der Waals surface area contributed by atoms with Crippen LogP contribution >= 0.6 is 30.9 Å². The Morgan fingerprint density at radius 1 is 1.23 bits per heavy atom. The largest absolute Gasteiger partial charge is 0.502 e. The minimum Gasteiger partial charge on any atom is -0.502 e. The summed E-state index contributed by atoms with van der Waals surface area (Å²) in [5.41, 5.74) is 0.988. The van der Waals surface area contributed by atoms with Gasteiger partial charge in [-0.15, -0.1) is 23.2 Å². The molecule has 0 spiro atoms. The first kappa shape index (κ1) is 23.3. The highest BCUT2D eigenvalue weighted by Crippen LogP contribution is 2.48. The fourth-order valence-electron chi connectivity index (χ4n) is 2.30. The van der Waals surface area contributed by atoms with E-state index in [2.05, 4.69) is 5.09 Å². The van der Waals surface area contributed by atoms with Crippen molar-refractivity contribution < 1.29 is 23.7 Å². The van der Waals surface area contributed by atoms with Crippen molar-refractivity contribution in [1.29, 1.82) is 0 Å². The second-order valence-electron chi connectivity index (χ2n) is 5.46. The van der Waals surface area contributed by atoms with Gasteiger partial charge in [0, 0.05) is 31.4 Å². The molecule has 1 heterocycles. The first-order valence-corrected chi connectivity index (χ1v) is 10.8. The van der Waals surface area contributed by atoms with Gasteiger partial charge >= 0.3 is 7.67 Å². The third-order valence-electron chi connectivity index (χ3n) is 3.58. The van der Waals surface area contributed by atoms with E-state index in [0.717, 1.165) is 18.5 Å². The zero-order valence-corrected chi connectivity index (χ0v) is 17.7. The summed E-state index contributed by atoms with van der Waals surface area (Å²) in [6, 6.07) is 3.50. The van der Waals surface area contributed by atoms with Gasteiger partial charge in [-0.2, -0.15) is 0 Å². The molecule has 7 nitrogen and oxygen atoms in total. The van der Waals surface area contributed by atoms with Crippen LogP contribution in [0, 0.1) is 6.92 Å². The van der Waals surface area contributed by atoms with Crippen LogP contribution < -0.4 is 14.6 Å². The number of phenolic OH excluding ortho intramolecular Hbond substituents is 1. The molecule has 1 aliphatic heterocycles. The van der Waals surface area contributed by atoms with Crippen LogP contribution in [0.15, 0.2) is 12.1 Å². The number of hydrogen-bond donors (Lipinski definition) is 2. The molecule has 0 bridgehead atoms. The fourth-order valence-corrected chi connectivity index (χ4v) is 4.95. The molecule has 0 aromatic heterocycles. The maximum Gasteiger partial charge on any atom is 0.343 e. The predicted octanol–water partition coefficient (Wildman–Crippen LogP) is 3.60. The van der Waals surface area contributed by atoms with Crippen molar-refractivity contribution in [3.8, 4) is 17.2 Å². The van der Waals surface area contributed by atoms with Crippen LogP contribution in [-0.4, -0.2) is 62.0 Å². The molecule has 2 rings (SSSR count). The van der Waals surface area contributed by atoms with Crippen LogP contribution in [0.3, 0.4) is 0 Å². The number of nitrogens with zero attached hydrogens (tertiary/aromatic N) is 1. The van der Waals surface area contributed by atoms with Crippen LogP contribution in [-0.2, 0) is 9.09 Å². The molecule has 2 N–H and O–H groups in total. The van der Waals surface area contributed by atoms with Crippen LogP contribution in [0.2, 0.25) is 0 Å². The van der Waals surface area contributed by atoms with E-state index in [0.29, 0.717) is 43.0 Å². The number of phenols is 1. The van der Waals surface area contributed by atoms with Crippen LogP contribution in [0.5, 0.6) is 17.2 Å². The van der Waals surface area contributed by atoms with Crippen LogP contribution in [0.4, 0.5) is 0 Å². The lowest BCUT2D eigenvalue weighted by atomic mass is 10.2. The molecule has 10 heteroatoms. The van der Waals surface area contributed by atoms with Gasteiger partial charge in [0.2, 0.25) is 5.75 Å². The minimum atomic E-state index is -2.84. The summed E-state index contributed by atoms with van der Waals surface area (Å²) in [7, 11) is 0.174. The van der Waals surface area contributed by atoms with Crippen molar-refractivity contribution in [3.63, 3.8) is 0 Å². The van der Waals surface area contributed by atoms with Gasteiger partial charge in [-0.25, -0.2) is 9.76 Å².